The van der Waals surface area contributed by atoms with E-state index in [0.29, 0.717) is 6.61 Å². The molecule has 0 saturated carbocycles. The van der Waals surface area contributed by atoms with Crippen LogP contribution >= 0.6 is 15.9 Å². The second kappa shape index (κ2) is 4.36. The molecule has 0 aliphatic heterocycles. The number of alkyl halides is 1. The van der Waals surface area contributed by atoms with Crippen LogP contribution in [0.25, 0.3) is 0 Å². The fraction of sp³-hybridized carbons (Fsp3) is 0.333. The molecule has 0 fully saturated rings. The summed E-state index contributed by atoms with van der Waals surface area (Å²) in [5.74, 6) is 0.876. The van der Waals surface area contributed by atoms with Gasteiger partial charge in [0.05, 0.1) is 6.61 Å². The topological polar surface area (TPSA) is 35.2 Å². The molecule has 0 saturated heterocycles. The zero-order chi connectivity index (χ0) is 8.97. The van der Waals surface area contributed by atoms with Crippen molar-refractivity contribution in [3.63, 3.8) is 0 Å². The Bertz CT molecular complexity index is 263. The Morgan fingerprint density at radius 1 is 1.50 bits per heavy atom. The summed E-state index contributed by atoms with van der Waals surface area (Å²) in [4.78, 5) is 0. The zero-order valence-electron chi connectivity index (χ0n) is 7.01. The second-order valence-corrected chi connectivity index (χ2v) is 3.35. The van der Waals surface area contributed by atoms with E-state index in [9.17, 15) is 0 Å². The lowest BCUT2D eigenvalue weighted by atomic mass is 10.2. The molecule has 0 heterocycles. The van der Waals surface area contributed by atoms with Crippen molar-refractivity contribution in [3.8, 4) is 5.75 Å². The molecule has 0 spiro atoms. The van der Waals surface area contributed by atoms with E-state index in [-0.39, 0.29) is 0 Å². The fourth-order valence-corrected chi connectivity index (χ4v) is 1.06. The van der Waals surface area contributed by atoms with Gasteiger partial charge in [-0.15, -0.1) is 0 Å². The van der Waals surface area contributed by atoms with Gasteiger partial charge in [0.1, 0.15) is 5.75 Å². The van der Waals surface area contributed by atoms with Gasteiger partial charge in [-0.2, -0.15) is 0 Å². The molecule has 0 unspecified atom stereocenters. The smallest absolute Gasteiger partial charge is 0.119 e. The first kappa shape index (κ1) is 9.39. The highest BCUT2D eigenvalue weighted by atomic mass is 79.9. The average molecular weight is 230 g/mol. The molecule has 1 rings (SSSR count). The highest BCUT2D eigenvalue weighted by Gasteiger charge is 1.96. The van der Waals surface area contributed by atoms with Crippen molar-refractivity contribution >= 4 is 21.6 Å². The van der Waals surface area contributed by atoms with E-state index in [1.54, 1.807) is 0 Å². The minimum Gasteiger partial charge on any atom is -0.493 e. The van der Waals surface area contributed by atoms with Gasteiger partial charge in [0.15, 0.2) is 0 Å². The molecule has 2 nitrogen and oxygen atoms in total. The summed E-state index contributed by atoms with van der Waals surface area (Å²) in [5.41, 5.74) is 7.52. The van der Waals surface area contributed by atoms with Gasteiger partial charge in [-0.1, -0.05) is 15.9 Å². The Kier molecular flexibility index (Phi) is 3.41. The van der Waals surface area contributed by atoms with Gasteiger partial charge >= 0.3 is 0 Å². The molecule has 0 aromatic heterocycles. The first-order valence-electron chi connectivity index (χ1n) is 3.79. The number of nitrogen functional groups attached to an aromatic ring is 1. The Labute approximate surface area is 80.8 Å². The first-order chi connectivity index (χ1) is 5.74. The van der Waals surface area contributed by atoms with Gasteiger partial charge in [0, 0.05) is 11.0 Å². The van der Waals surface area contributed by atoms with Crippen LogP contribution in [0.3, 0.4) is 0 Å². The van der Waals surface area contributed by atoms with Crippen LogP contribution in [0, 0.1) is 6.92 Å². The largest absolute Gasteiger partial charge is 0.493 e. The summed E-state index contributed by atoms with van der Waals surface area (Å²) in [7, 11) is 0. The van der Waals surface area contributed by atoms with Gasteiger partial charge in [-0.05, 0) is 30.7 Å². The van der Waals surface area contributed by atoms with E-state index < -0.39 is 0 Å². The lowest BCUT2D eigenvalue weighted by Crippen LogP contribution is -1.98. The van der Waals surface area contributed by atoms with Crippen LogP contribution < -0.4 is 10.5 Å². The van der Waals surface area contributed by atoms with E-state index in [0.717, 1.165) is 22.3 Å². The van der Waals surface area contributed by atoms with Gasteiger partial charge in [-0.3, -0.25) is 0 Å². The fourth-order valence-electron chi connectivity index (χ4n) is 0.894. The Morgan fingerprint density at radius 2 is 2.25 bits per heavy atom. The lowest BCUT2D eigenvalue weighted by molar-refractivity contribution is 0.345. The lowest BCUT2D eigenvalue weighted by Gasteiger charge is -2.05. The molecule has 66 valence electrons. The van der Waals surface area contributed by atoms with E-state index in [1.165, 1.54) is 0 Å². The number of aryl methyl sites for hydroxylation is 1. The summed E-state index contributed by atoms with van der Waals surface area (Å²) in [6.07, 6.45) is 0. The molecule has 0 aliphatic rings. The zero-order valence-corrected chi connectivity index (χ0v) is 8.60. The molecule has 0 aliphatic carbocycles. The summed E-state index contributed by atoms with van der Waals surface area (Å²) >= 11 is 3.29. The average Bonchev–Trinajstić information content (AvgIpc) is 2.07. The van der Waals surface area contributed by atoms with Crippen molar-refractivity contribution in [2.75, 3.05) is 17.7 Å². The number of halogens is 1. The van der Waals surface area contributed by atoms with Crippen molar-refractivity contribution in [1.82, 2.24) is 0 Å². The van der Waals surface area contributed by atoms with Gasteiger partial charge in [0.25, 0.3) is 0 Å². The predicted molar refractivity (Wildman–Crippen MR) is 54.9 cm³/mol. The van der Waals surface area contributed by atoms with E-state index in [1.807, 2.05) is 25.1 Å². The standard InChI is InChI=1S/C9H12BrNO/c1-7-6-8(12-5-4-10)2-3-9(7)11/h2-3,6H,4-5,11H2,1H3. The van der Waals surface area contributed by atoms with E-state index >= 15 is 0 Å². The molecule has 0 amide bonds. The number of benzene rings is 1. The van der Waals surface area contributed by atoms with Crippen LogP contribution in [0.4, 0.5) is 5.69 Å². The van der Waals surface area contributed by atoms with Gasteiger partial charge in [-0.25, -0.2) is 0 Å². The van der Waals surface area contributed by atoms with Crippen molar-refractivity contribution in [3.05, 3.63) is 23.8 Å². The maximum absolute atomic E-state index is 5.65. The van der Waals surface area contributed by atoms with Crippen LogP contribution in [0.2, 0.25) is 0 Å². The van der Waals surface area contributed by atoms with E-state index in [2.05, 4.69) is 15.9 Å². The quantitative estimate of drug-likeness (QED) is 0.639. The number of nitrogens with two attached hydrogens (primary N) is 1. The number of ether oxygens (including phenoxy) is 1. The Hall–Kier alpha value is -0.700. The number of anilines is 1. The summed E-state index contributed by atoms with van der Waals surface area (Å²) in [6.45, 7) is 2.65. The molecular weight excluding hydrogens is 218 g/mol. The van der Waals surface area contributed by atoms with Crippen LogP contribution in [0.5, 0.6) is 5.75 Å². The second-order valence-electron chi connectivity index (χ2n) is 2.56. The highest BCUT2D eigenvalue weighted by molar-refractivity contribution is 9.09. The molecule has 0 radical (unpaired) electrons. The van der Waals surface area contributed by atoms with Crippen molar-refractivity contribution in [2.45, 2.75) is 6.92 Å². The summed E-state index contributed by atoms with van der Waals surface area (Å²) in [6, 6.07) is 5.68. The number of rotatable bonds is 3. The molecule has 3 heteroatoms. The molecule has 1 aromatic carbocycles. The molecule has 0 atom stereocenters. The van der Waals surface area contributed by atoms with Crippen LogP contribution in [0.1, 0.15) is 5.56 Å². The molecular formula is C9H12BrNO. The first-order valence-corrected chi connectivity index (χ1v) is 4.91. The van der Waals surface area contributed by atoms with Crippen LogP contribution in [0.15, 0.2) is 18.2 Å². The maximum atomic E-state index is 5.65. The third-order valence-electron chi connectivity index (χ3n) is 1.59. The Morgan fingerprint density at radius 3 is 2.83 bits per heavy atom. The van der Waals surface area contributed by atoms with E-state index in [4.69, 9.17) is 10.5 Å². The Balaban J connectivity index is 2.69. The molecule has 2 N–H and O–H groups in total. The third kappa shape index (κ3) is 2.41. The normalized spacial score (nSPS) is 9.83. The van der Waals surface area contributed by atoms with Gasteiger partial charge < -0.3 is 10.5 Å². The highest BCUT2D eigenvalue weighted by Crippen LogP contribution is 2.18. The van der Waals surface area contributed by atoms with Crippen molar-refractivity contribution in [2.24, 2.45) is 0 Å². The number of hydrogen-bond acceptors (Lipinski definition) is 2. The predicted octanol–water partition coefficient (Wildman–Crippen LogP) is 2.35. The minimum atomic E-state index is 0.684. The molecule has 1 aromatic rings. The third-order valence-corrected chi connectivity index (χ3v) is 1.91. The van der Waals surface area contributed by atoms with Crippen LogP contribution in [-0.2, 0) is 0 Å². The summed E-state index contributed by atoms with van der Waals surface area (Å²) < 4.78 is 5.39. The number of hydrogen-bond donors (Lipinski definition) is 1. The monoisotopic (exact) mass is 229 g/mol. The van der Waals surface area contributed by atoms with Crippen LogP contribution in [-0.4, -0.2) is 11.9 Å². The van der Waals surface area contributed by atoms with Crippen molar-refractivity contribution < 1.29 is 4.74 Å². The minimum absolute atomic E-state index is 0.684. The van der Waals surface area contributed by atoms with Crippen molar-refractivity contribution in [1.29, 1.82) is 0 Å². The summed E-state index contributed by atoms with van der Waals surface area (Å²) in [5, 5.41) is 0.844. The molecule has 0 bridgehead atoms. The molecule has 12 heavy (non-hydrogen) atoms. The SMILES string of the molecule is Cc1cc(OCCBr)ccc1N. The maximum Gasteiger partial charge on any atom is 0.119 e. The van der Waals surface area contributed by atoms with Gasteiger partial charge in [0.2, 0.25) is 0 Å².